The van der Waals surface area contributed by atoms with E-state index in [4.69, 9.17) is 4.74 Å². The van der Waals surface area contributed by atoms with Crippen molar-refractivity contribution in [3.8, 4) is 16.9 Å². The van der Waals surface area contributed by atoms with Gasteiger partial charge in [-0.15, -0.1) is 0 Å². The third-order valence-corrected chi connectivity index (χ3v) is 4.41. The lowest BCUT2D eigenvalue weighted by atomic mass is 10.0. The Hall–Kier alpha value is -2.73. The van der Waals surface area contributed by atoms with Gasteiger partial charge in [0.1, 0.15) is 17.9 Å². The van der Waals surface area contributed by atoms with Gasteiger partial charge in [-0.1, -0.05) is 0 Å². The average Bonchev–Trinajstić information content (AvgIpc) is 2.68. The zero-order valence-corrected chi connectivity index (χ0v) is 14.3. The smallest absolute Gasteiger partial charge is 0.128 e. The first-order valence-electron chi connectivity index (χ1n) is 8.64. The van der Waals surface area contributed by atoms with Gasteiger partial charge in [0.25, 0.3) is 0 Å². The Morgan fingerprint density at radius 3 is 2.76 bits per heavy atom. The minimum absolute atomic E-state index is 0.621. The van der Waals surface area contributed by atoms with Crippen LogP contribution >= 0.6 is 0 Å². The highest BCUT2D eigenvalue weighted by Crippen LogP contribution is 2.32. The molecule has 0 radical (unpaired) electrons. The second-order valence-electron chi connectivity index (χ2n) is 6.00. The van der Waals surface area contributed by atoms with E-state index in [1.54, 1.807) is 6.33 Å². The summed E-state index contributed by atoms with van der Waals surface area (Å²) in [5.41, 5.74) is 2.96. The Morgan fingerprint density at radius 2 is 2.00 bits per heavy atom. The number of rotatable bonds is 4. The zero-order chi connectivity index (χ0) is 17.1. The van der Waals surface area contributed by atoms with Crippen molar-refractivity contribution in [2.45, 2.75) is 6.92 Å². The molecule has 0 bridgehead atoms. The first kappa shape index (κ1) is 15.8. The fourth-order valence-electron chi connectivity index (χ4n) is 3.17. The van der Waals surface area contributed by atoms with Crippen LogP contribution in [0.4, 0.5) is 5.82 Å². The highest BCUT2D eigenvalue weighted by molar-refractivity contribution is 5.95. The minimum Gasteiger partial charge on any atom is -0.494 e. The molecule has 1 aromatic carbocycles. The van der Waals surface area contributed by atoms with Crippen LogP contribution in [0.5, 0.6) is 5.75 Å². The number of pyridine rings is 1. The van der Waals surface area contributed by atoms with Gasteiger partial charge in [0.05, 0.1) is 12.1 Å². The van der Waals surface area contributed by atoms with Gasteiger partial charge in [-0.3, -0.25) is 0 Å². The average molecular weight is 335 g/mol. The van der Waals surface area contributed by atoms with Gasteiger partial charge in [0.15, 0.2) is 0 Å². The number of hydrogen-bond acceptors (Lipinski definition) is 6. The third kappa shape index (κ3) is 3.25. The van der Waals surface area contributed by atoms with Gasteiger partial charge < -0.3 is 15.0 Å². The van der Waals surface area contributed by atoms with Crippen molar-refractivity contribution in [2.75, 3.05) is 37.7 Å². The molecular weight excluding hydrogens is 314 g/mol. The van der Waals surface area contributed by atoms with Crippen LogP contribution in [0.3, 0.4) is 0 Å². The first-order valence-corrected chi connectivity index (χ1v) is 8.64. The molecule has 0 saturated carbocycles. The summed E-state index contributed by atoms with van der Waals surface area (Å²) in [4.78, 5) is 15.5. The van der Waals surface area contributed by atoms with Crippen molar-refractivity contribution in [2.24, 2.45) is 0 Å². The van der Waals surface area contributed by atoms with Crippen LogP contribution in [0.25, 0.3) is 22.0 Å². The van der Waals surface area contributed by atoms with E-state index >= 15 is 0 Å². The molecule has 0 unspecified atom stereocenters. The second kappa shape index (κ2) is 7.03. The molecule has 1 saturated heterocycles. The van der Waals surface area contributed by atoms with Crippen molar-refractivity contribution < 1.29 is 4.74 Å². The lowest BCUT2D eigenvalue weighted by Crippen LogP contribution is -2.43. The molecule has 2 aromatic heterocycles. The van der Waals surface area contributed by atoms with Crippen molar-refractivity contribution in [1.82, 2.24) is 20.3 Å². The fourth-order valence-corrected chi connectivity index (χ4v) is 3.17. The first-order chi connectivity index (χ1) is 12.3. The fraction of sp³-hybridized carbons (Fsp3) is 0.316. The molecule has 0 amide bonds. The third-order valence-electron chi connectivity index (χ3n) is 4.41. The molecule has 3 heterocycles. The molecule has 1 fully saturated rings. The molecule has 1 aliphatic heterocycles. The number of nitrogens with one attached hydrogen (secondary N) is 1. The van der Waals surface area contributed by atoms with E-state index in [1.165, 1.54) is 0 Å². The van der Waals surface area contributed by atoms with Crippen LogP contribution in [0.15, 0.2) is 43.0 Å². The highest BCUT2D eigenvalue weighted by Gasteiger charge is 2.13. The molecule has 0 atom stereocenters. The van der Waals surface area contributed by atoms with E-state index in [1.807, 2.05) is 31.5 Å². The highest BCUT2D eigenvalue weighted by atomic mass is 16.5. The van der Waals surface area contributed by atoms with Gasteiger partial charge in [0.2, 0.25) is 0 Å². The van der Waals surface area contributed by atoms with Crippen LogP contribution in [0.2, 0.25) is 0 Å². The molecule has 0 aliphatic carbocycles. The number of fused-ring (bicyclic) bond motifs is 1. The Morgan fingerprint density at radius 1 is 1.12 bits per heavy atom. The Bertz CT molecular complexity index is 859. The topological polar surface area (TPSA) is 63.2 Å². The van der Waals surface area contributed by atoms with Crippen molar-refractivity contribution in [3.05, 3.63) is 43.0 Å². The number of benzene rings is 1. The van der Waals surface area contributed by atoms with E-state index in [0.717, 1.165) is 59.8 Å². The van der Waals surface area contributed by atoms with Gasteiger partial charge in [0, 0.05) is 55.6 Å². The Labute approximate surface area is 146 Å². The minimum atomic E-state index is 0.621. The van der Waals surface area contributed by atoms with Gasteiger partial charge in [-0.25, -0.2) is 15.0 Å². The van der Waals surface area contributed by atoms with Gasteiger partial charge >= 0.3 is 0 Å². The monoisotopic (exact) mass is 335 g/mol. The molecule has 6 heteroatoms. The number of piperazine rings is 1. The maximum atomic E-state index is 5.70. The second-order valence-corrected chi connectivity index (χ2v) is 6.00. The number of ether oxygens (including phenoxy) is 1. The van der Waals surface area contributed by atoms with E-state index < -0.39 is 0 Å². The van der Waals surface area contributed by atoms with Crippen molar-refractivity contribution in [1.29, 1.82) is 0 Å². The predicted molar refractivity (Wildman–Crippen MR) is 99.0 cm³/mol. The molecule has 128 valence electrons. The van der Waals surface area contributed by atoms with E-state index in [-0.39, 0.29) is 0 Å². The molecule has 25 heavy (non-hydrogen) atoms. The lowest BCUT2D eigenvalue weighted by molar-refractivity contribution is 0.341. The quantitative estimate of drug-likeness (QED) is 0.790. The summed E-state index contributed by atoms with van der Waals surface area (Å²) < 4.78 is 5.70. The summed E-state index contributed by atoms with van der Waals surface area (Å²) in [5.74, 6) is 1.83. The lowest BCUT2D eigenvalue weighted by Gasteiger charge is -2.28. The summed E-state index contributed by atoms with van der Waals surface area (Å²) in [6, 6.07) is 8.19. The summed E-state index contributed by atoms with van der Waals surface area (Å²) >= 11 is 0. The SMILES string of the molecule is CCOc1cc(-c2ccc(N3CCNCC3)nc2)c2cncnc2c1. The molecule has 1 aliphatic rings. The summed E-state index contributed by atoms with van der Waals surface area (Å²) in [7, 11) is 0. The molecule has 4 rings (SSSR count). The Kier molecular flexibility index (Phi) is 4.43. The van der Waals surface area contributed by atoms with Gasteiger partial charge in [-0.05, 0) is 30.7 Å². The largest absolute Gasteiger partial charge is 0.494 e. The maximum Gasteiger partial charge on any atom is 0.128 e. The standard InChI is InChI=1S/C19H21N5O/c1-2-25-15-9-16(17-12-21-13-23-18(17)10-15)14-3-4-19(22-11-14)24-7-5-20-6-8-24/h3-4,9-13,20H,2,5-8H2,1H3. The number of hydrogen-bond donors (Lipinski definition) is 1. The Balaban J connectivity index is 1.73. The number of aromatic nitrogens is 3. The molecule has 0 spiro atoms. The van der Waals surface area contributed by atoms with E-state index in [9.17, 15) is 0 Å². The van der Waals surface area contributed by atoms with E-state index in [2.05, 4.69) is 37.3 Å². The van der Waals surface area contributed by atoms with Crippen LogP contribution in [-0.4, -0.2) is 47.7 Å². The van der Waals surface area contributed by atoms with Crippen LogP contribution in [0.1, 0.15) is 6.92 Å². The van der Waals surface area contributed by atoms with Crippen molar-refractivity contribution in [3.63, 3.8) is 0 Å². The predicted octanol–water partition coefficient (Wildman–Crippen LogP) is 2.50. The number of nitrogens with zero attached hydrogens (tertiary/aromatic N) is 4. The zero-order valence-electron chi connectivity index (χ0n) is 14.3. The number of anilines is 1. The molecule has 1 N–H and O–H groups in total. The molecule has 6 nitrogen and oxygen atoms in total. The van der Waals surface area contributed by atoms with Crippen LogP contribution in [-0.2, 0) is 0 Å². The normalized spacial score (nSPS) is 14.7. The molecular formula is C19H21N5O. The van der Waals surface area contributed by atoms with Gasteiger partial charge in [-0.2, -0.15) is 0 Å². The summed E-state index contributed by atoms with van der Waals surface area (Å²) in [5, 5.41) is 4.37. The molecule has 3 aromatic rings. The maximum absolute atomic E-state index is 5.70. The van der Waals surface area contributed by atoms with E-state index in [0.29, 0.717) is 6.61 Å². The summed E-state index contributed by atoms with van der Waals surface area (Å²) in [6.07, 6.45) is 5.33. The summed E-state index contributed by atoms with van der Waals surface area (Å²) in [6.45, 7) is 6.58. The van der Waals surface area contributed by atoms with Crippen molar-refractivity contribution >= 4 is 16.7 Å². The van der Waals surface area contributed by atoms with Crippen LogP contribution in [0, 0.1) is 0 Å². The van der Waals surface area contributed by atoms with Crippen LogP contribution < -0.4 is 15.0 Å².